The Morgan fingerprint density at radius 3 is 2.45 bits per heavy atom. The zero-order valence-electron chi connectivity index (χ0n) is 20.4. The van der Waals surface area contributed by atoms with Crippen LogP contribution in [0.4, 0.5) is 9.18 Å². The van der Waals surface area contributed by atoms with Gasteiger partial charge in [0.1, 0.15) is 23.3 Å². The maximum atomic E-state index is 14.4. The number of benzene rings is 2. The van der Waals surface area contributed by atoms with Crippen molar-refractivity contribution >= 4 is 17.9 Å². The molecule has 0 saturated carbocycles. The van der Waals surface area contributed by atoms with E-state index in [-0.39, 0.29) is 24.1 Å². The zero-order chi connectivity index (χ0) is 24.2. The summed E-state index contributed by atoms with van der Waals surface area (Å²) in [5, 5.41) is 0. The molecular formula is C26H35FN2O3S. The van der Waals surface area contributed by atoms with Gasteiger partial charge in [-0.3, -0.25) is 4.90 Å². The van der Waals surface area contributed by atoms with Crippen molar-refractivity contribution in [2.24, 2.45) is 0 Å². The number of carbonyl (C=O) groups is 1. The second-order valence-electron chi connectivity index (χ2n) is 9.57. The van der Waals surface area contributed by atoms with Crippen LogP contribution in [0.15, 0.2) is 47.4 Å². The van der Waals surface area contributed by atoms with Gasteiger partial charge in [0.25, 0.3) is 0 Å². The number of hydrogen-bond donors (Lipinski definition) is 0. The first kappa shape index (κ1) is 25.4. The molecule has 1 aliphatic heterocycles. The zero-order valence-corrected chi connectivity index (χ0v) is 21.2. The van der Waals surface area contributed by atoms with Crippen LogP contribution >= 0.6 is 11.8 Å². The molecule has 1 unspecified atom stereocenters. The van der Waals surface area contributed by atoms with E-state index in [4.69, 9.17) is 9.47 Å². The number of rotatable bonds is 6. The molecule has 1 heterocycles. The first-order valence-corrected chi connectivity index (χ1v) is 12.6. The molecule has 1 aliphatic rings. The number of ether oxygens (including phenoxy) is 2. The van der Waals surface area contributed by atoms with Gasteiger partial charge in [0.15, 0.2) is 0 Å². The van der Waals surface area contributed by atoms with E-state index >= 15 is 0 Å². The Bertz CT molecular complexity index is 946. The van der Waals surface area contributed by atoms with Crippen LogP contribution in [0, 0.1) is 12.7 Å². The molecule has 1 amide bonds. The number of carbonyl (C=O) groups excluding carboxylic acids is 1. The minimum atomic E-state index is -0.520. The lowest BCUT2D eigenvalue weighted by Crippen LogP contribution is -2.55. The summed E-state index contributed by atoms with van der Waals surface area (Å²) in [5.74, 6) is 0.515. The number of halogens is 1. The molecule has 2 aromatic rings. The Labute approximate surface area is 201 Å². The number of aryl methyl sites for hydroxylation is 1. The van der Waals surface area contributed by atoms with Crippen LogP contribution < -0.4 is 4.74 Å². The van der Waals surface area contributed by atoms with E-state index in [9.17, 15) is 9.18 Å². The van der Waals surface area contributed by atoms with Gasteiger partial charge >= 0.3 is 6.09 Å². The van der Waals surface area contributed by atoms with Crippen LogP contribution in [-0.2, 0) is 4.74 Å². The smallest absolute Gasteiger partial charge is 0.410 e. The topological polar surface area (TPSA) is 42.0 Å². The molecule has 5 nitrogen and oxygen atoms in total. The molecule has 0 spiro atoms. The highest BCUT2D eigenvalue weighted by atomic mass is 32.2. The molecule has 0 N–H and O–H groups in total. The van der Waals surface area contributed by atoms with E-state index in [1.807, 2.05) is 64.3 Å². The summed E-state index contributed by atoms with van der Waals surface area (Å²) in [6.07, 6.45) is 1.42. The molecule has 7 heteroatoms. The largest absolute Gasteiger partial charge is 0.484 e. The van der Waals surface area contributed by atoms with Crippen molar-refractivity contribution in [2.45, 2.75) is 57.3 Å². The SMILES string of the molecule is CSc1ccc(OC(CN2CCN(C(=O)OC(C)(C)C)[C@H](C)C2)c2ccc(C)c(F)c2)cc1. The average molecular weight is 475 g/mol. The lowest BCUT2D eigenvalue weighted by Gasteiger charge is -2.41. The van der Waals surface area contributed by atoms with Crippen molar-refractivity contribution in [3.63, 3.8) is 0 Å². The summed E-state index contributed by atoms with van der Waals surface area (Å²) in [5.41, 5.74) is 0.893. The predicted octanol–water partition coefficient (Wildman–Crippen LogP) is 5.92. The molecule has 3 rings (SSSR count). The molecule has 0 bridgehead atoms. The Morgan fingerprint density at radius 1 is 1.18 bits per heavy atom. The summed E-state index contributed by atoms with van der Waals surface area (Å²) in [6.45, 7) is 12.0. The fourth-order valence-corrected chi connectivity index (χ4v) is 4.27. The van der Waals surface area contributed by atoms with E-state index in [1.54, 1.807) is 35.7 Å². The van der Waals surface area contributed by atoms with Gasteiger partial charge in [-0.15, -0.1) is 11.8 Å². The van der Waals surface area contributed by atoms with Gasteiger partial charge in [-0.1, -0.05) is 12.1 Å². The number of amides is 1. The second-order valence-corrected chi connectivity index (χ2v) is 10.5. The molecule has 2 atom stereocenters. The van der Waals surface area contributed by atoms with E-state index in [1.165, 1.54) is 0 Å². The Balaban J connectivity index is 1.73. The minimum absolute atomic E-state index is 0.00451. The van der Waals surface area contributed by atoms with Crippen molar-refractivity contribution in [1.82, 2.24) is 9.80 Å². The van der Waals surface area contributed by atoms with E-state index < -0.39 is 5.60 Å². The fourth-order valence-electron chi connectivity index (χ4n) is 3.86. The van der Waals surface area contributed by atoms with E-state index in [0.717, 1.165) is 16.2 Å². The standard InChI is InChI=1S/C26H35FN2O3S/c1-18-7-8-20(15-23(18)27)24(31-21-9-11-22(33-6)12-10-21)17-28-13-14-29(19(2)16-28)25(30)32-26(3,4)5/h7-12,15,19,24H,13-14,16-17H2,1-6H3/t19-,24?/m1/s1. The third kappa shape index (κ3) is 7.11. The summed E-state index contributed by atoms with van der Waals surface area (Å²) in [7, 11) is 0. The number of nitrogens with zero attached hydrogens (tertiary/aromatic N) is 2. The predicted molar refractivity (Wildman–Crippen MR) is 132 cm³/mol. The van der Waals surface area contributed by atoms with Gasteiger partial charge in [0.2, 0.25) is 0 Å². The highest BCUT2D eigenvalue weighted by molar-refractivity contribution is 7.98. The van der Waals surface area contributed by atoms with E-state index in [0.29, 0.717) is 31.7 Å². The molecule has 0 aliphatic carbocycles. The van der Waals surface area contributed by atoms with Crippen LogP contribution in [-0.4, -0.2) is 60.0 Å². The number of thioether (sulfide) groups is 1. The van der Waals surface area contributed by atoms with Gasteiger partial charge in [0, 0.05) is 37.1 Å². The third-order valence-electron chi connectivity index (χ3n) is 5.67. The van der Waals surface area contributed by atoms with Crippen LogP contribution in [0.5, 0.6) is 5.75 Å². The Kier molecular flexibility index (Phi) is 8.29. The summed E-state index contributed by atoms with van der Waals surface area (Å²) >= 11 is 1.67. The normalized spacial score (nSPS) is 18.2. The summed E-state index contributed by atoms with van der Waals surface area (Å²) in [6, 6.07) is 13.2. The molecule has 1 fully saturated rings. The maximum Gasteiger partial charge on any atom is 0.410 e. The van der Waals surface area contributed by atoms with Gasteiger partial charge in [-0.25, -0.2) is 9.18 Å². The molecule has 2 aromatic carbocycles. The number of hydrogen-bond acceptors (Lipinski definition) is 5. The Hall–Kier alpha value is -2.25. The fraction of sp³-hybridized carbons (Fsp3) is 0.500. The minimum Gasteiger partial charge on any atom is -0.484 e. The van der Waals surface area contributed by atoms with Crippen LogP contribution in [0.3, 0.4) is 0 Å². The highest BCUT2D eigenvalue weighted by Crippen LogP contribution is 2.27. The van der Waals surface area contributed by atoms with Crippen LogP contribution in [0.1, 0.15) is 44.9 Å². The Morgan fingerprint density at radius 2 is 1.88 bits per heavy atom. The lowest BCUT2D eigenvalue weighted by molar-refractivity contribution is -0.00299. The van der Waals surface area contributed by atoms with Crippen molar-refractivity contribution in [1.29, 1.82) is 0 Å². The maximum absolute atomic E-state index is 14.4. The summed E-state index contributed by atoms with van der Waals surface area (Å²) < 4.78 is 26.3. The quantitative estimate of drug-likeness (QED) is 0.487. The van der Waals surface area contributed by atoms with Crippen molar-refractivity contribution in [3.05, 3.63) is 59.4 Å². The van der Waals surface area contributed by atoms with Gasteiger partial charge < -0.3 is 14.4 Å². The first-order chi connectivity index (χ1) is 15.6. The molecular weight excluding hydrogens is 439 g/mol. The van der Waals surface area contributed by atoms with Gasteiger partial charge in [0.05, 0.1) is 0 Å². The average Bonchev–Trinajstić information content (AvgIpc) is 2.74. The third-order valence-corrected chi connectivity index (χ3v) is 6.41. The molecule has 180 valence electrons. The van der Waals surface area contributed by atoms with Crippen LogP contribution in [0.2, 0.25) is 0 Å². The van der Waals surface area contributed by atoms with Crippen molar-refractivity contribution in [2.75, 3.05) is 32.4 Å². The van der Waals surface area contributed by atoms with Crippen LogP contribution in [0.25, 0.3) is 0 Å². The van der Waals surface area contributed by atoms with E-state index in [2.05, 4.69) is 4.90 Å². The first-order valence-electron chi connectivity index (χ1n) is 11.3. The molecule has 0 radical (unpaired) electrons. The molecule has 1 saturated heterocycles. The van der Waals surface area contributed by atoms with Gasteiger partial charge in [-0.2, -0.15) is 0 Å². The lowest BCUT2D eigenvalue weighted by atomic mass is 10.0. The second kappa shape index (κ2) is 10.8. The monoisotopic (exact) mass is 474 g/mol. The van der Waals surface area contributed by atoms with Gasteiger partial charge in [-0.05, 0) is 82.3 Å². The summed E-state index contributed by atoms with van der Waals surface area (Å²) in [4.78, 5) is 17.8. The molecule has 33 heavy (non-hydrogen) atoms. The highest BCUT2D eigenvalue weighted by Gasteiger charge is 2.32. The number of piperazine rings is 1. The van der Waals surface area contributed by atoms with Crippen molar-refractivity contribution in [3.8, 4) is 5.75 Å². The van der Waals surface area contributed by atoms with Crippen molar-refractivity contribution < 1.29 is 18.7 Å². The molecule has 0 aromatic heterocycles.